The van der Waals surface area contributed by atoms with Crippen molar-refractivity contribution in [3.8, 4) is 5.75 Å². The van der Waals surface area contributed by atoms with Crippen molar-refractivity contribution >= 4 is 29.6 Å². The lowest BCUT2D eigenvalue weighted by Crippen LogP contribution is -2.54. The summed E-state index contributed by atoms with van der Waals surface area (Å²) in [4.78, 5) is 38.5. The number of barbiturate groups is 1. The fourth-order valence-corrected chi connectivity index (χ4v) is 2.85. The first-order valence-corrected chi connectivity index (χ1v) is 9.48. The monoisotopic (exact) mass is 392 g/mol. The van der Waals surface area contributed by atoms with Gasteiger partial charge >= 0.3 is 6.03 Å². The van der Waals surface area contributed by atoms with E-state index in [2.05, 4.69) is 19.2 Å². The molecule has 1 heterocycles. The highest BCUT2D eigenvalue weighted by molar-refractivity contribution is 6.39. The molecule has 2 aromatic rings. The molecule has 0 aromatic heterocycles. The van der Waals surface area contributed by atoms with Gasteiger partial charge in [0.05, 0.1) is 12.3 Å². The maximum atomic E-state index is 12.9. The Bertz CT molecular complexity index is 990. The zero-order valence-electron chi connectivity index (χ0n) is 17.0. The smallest absolute Gasteiger partial charge is 0.335 e. The SMILES string of the molecule is Cc1ccc(N2C(=O)NC(=O)/C(=C\c3ccc(OCC(C)C)cc3)C2=O)cc1C. The van der Waals surface area contributed by atoms with Gasteiger partial charge in [0.1, 0.15) is 11.3 Å². The molecule has 2 aromatic carbocycles. The second kappa shape index (κ2) is 8.31. The van der Waals surface area contributed by atoms with Crippen molar-refractivity contribution in [2.45, 2.75) is 27.7 Å². The van der Waals surface area contributed by atoms with Crippen molar-refractivity contribution in [1.29, 1.82) is 0 Å². The Kier molecular flexibility index (Phi) is 5.82. The summed E-state index contributed by atoms with van der Waals surface area (Å²) in [6.45, 7) is 8.58. The molecule has 0 unspecified atom stereocenters. The van der Waals surface area contributed by atoms with Gasteiger partial charge in [-0.1, -0.05) is 32.0 Å². The summed E-state index contributed by atoms with van der Waals surface area (Å²) in [5.41, 5.74) is 2.98. The Morgan fingerprint density at radius 1 is 1.00 bits per heavy atom. The van der Waals surface area contributed by atoms with E-state index < -0.39 is 17.8 Å². The third-order valence-electron chi connectivity index (χ3n) is 4.62. The van der Waals surface area contributed by atoms with E-state index in [1.165, 1.54) is 6.08 Å². The molecule has 6 heteroatoms. The van der Waals surface area contributed by atoms with E-state index in [4.69, 9.17) is 4.74 Å². The largest absolute Gasteiger partial charge is 0.493 e. The van der Waals surface area contributed by atoms with Crippen LogP contribution in [0.5, 0.6) is 5.75 Å². The first kappa shape index (κ1) is 20.3. The minimum absolute atomic E-state index is 0.0984. The molecule has 0 aliphatic carbocycles. The molecular formula is C23H24N2O4. The Labute approximate surface area is 170 Å². The molecule has 0 atom stereocenters. The molecule has 0 radical (unpaired) electrons. The maximum Gasteiger partial charge on any atom is 0.335 e. The zero-order chi connectivity index (χ0) is 21.1. The summed E-state index contributed by atoms with van der Waals surface area (Å²) < 4.78 is 5.64. The van der Waals surface area contributed by atoms with E-state index in [0.717, 1.165) is 16.0 Å². The number of carbonyl (C=O) groups is 3. The van der Waals surface area contributed by atoms with Gasteiger partial charge in [-0.05, 0) is 66.8 Å². The van der Waals surface area contributed by atoms with Crippen LogP contribution >= 0.6 is 0 Å². The molecule has 4 amide bonds. The summed E-state index contributed by atoms with van der Waals surface area (Å²) in [5.74, 6) is -0.233. The van der Waals surface area contributed by atoms with Crippen molar-refractivity contribution in [1.82, 2.24) is 5.32 Å². The second-order valence-electron chi connectivity index (χ2n) is 7.50. The fourth-order valence-electron chi connectivity index (χ4n) is 2.85. The molecule has 150 valence electrons. The van der Waals surface area contributed by atoms with E-state index in [0.29, 0.717) is 29.5 Å². The van der Waals surface area contributed by atoms with Gasteiger partial charge < -0.3 is 4.74 Å². The quantitative estimate of drug-likeness (QED) is 0.616. The van der Waals surface area contributed by atoms with E-state index in [1.54, 1.807) is 36.4 Å². The number of anilines is 1. The van der Waals surface area contributed by atoms with Crippen LogP contribution in [-0.4, -0.2) is 24.5 Å². The van der Waals surface area contributed by atoms with Crippen LogP contribution in [0.4, 0.5) is 10.5 Å². The van der Waals surface area contributed by atoms with Gasteiger partial charge in [-0.15, -0.1) is 0 Å². The highest BCUT2D eigenvalue weighted by Crippen LogP contribution is 2.24. The molecular weight excluding hydrogens is 368 g/mol. The van der Waals surface area contributed by atoms with Crippen molar-refractivity contribution < 1.29 is 19.1 Å². The fraction of sp³-hybridized carbons (Fsp3) is 0.261. The van der Waals surface area contributed by atoms with Crippen LogP contribution < -0.4 is 15.0 Å². The normalized spacial score (nSPS) is 15.8. The van der Waals surface area contributed by atoms with Crippen molar-refractivity contribution in [3.63, 3.8) is 0 Å². The topological polar surface area (TPSA) is 75.7 Å². The summed E-state index contributed by atoms with van der Waals surface area (Å²) in [6.07, 6.45) is 1.48. The number of carbonyl (C=O) groups excluding carboxylic acids is 3. The zero-order valence-corrected chi connectivity index (χ0v) is 17.0. The Morgan fingerprint density at radius 2 is 1.69 bits per heavy atom. The Hall–Kier alpha value is -3.41. The van der Waals surface area contributed by atoms with Gasteiger partial charge in [-0.25, -0.2) is 9.69 Å². The number of hydrogen-bond acceptors (Lipinski definition) is 4. The van der Waals surface area contributed by atoms with Gasteiger partial charge in [0.2, 0.25) is 0 Å². The lowest BCUT2D eigenvalue weighted by atomic mass is 10.1. The first-order valence-electron chi connectivity index (χ1n) is 9.48. The lowest BCUT2D eigenvalue weighted by molar-refractivity contribution is -0.122. The van der Waals surface area contributed by atoms with Gasteiger partial charge in [0.25, 0.3) is 11.8 Å². The number of urea groups is 1. The van der Waals surface area contributed by atoms with E-state index in [-0.39, 0.29) is 5.57 Å². The van der Waals surface area contributed by atoms with E-state index in [9.17, 15) is 14.4 Å². The molecule has 1 aliphatic heterocycles. The van der Waals surface area contributed by atoms with Crippen molar-refractivity contribution in [2.75, 3.05) is 11.5 Å². The number of nitrogens with zero attached hydrogens (tertiary/aromatic N) is 1. The number of ether oxygens (including phenoxy) is 1. The molecule has 29 heavy (non-hydrogen) atoms. The lowest BCUT2D eigenvalue weighted by Gasteiger charge is -2.26. The first-order chi connectivity index (χ1) is 13.8. The number of amides is 4. The molecule has 0 saturated carbocycles. The average molecular weight is 392 g/mol. The minimum atomic E-state index is -0.752. The van der Waals surface area contributed by atoms with Crippen LogP contribution in [0.1, 0.15) is 30.5 Å². The second-order valence-corrected chi connectivity index (χ2v) is 7.50. The van der Waals surface area contributed by atoms with Crippen LogP contribution in [0, 0.1) is 19.8 Å². The number of imide groups is 2. The molecule has 6 nitrogen and oxygen atoms in total. The molecule has 0 bridgehead atoms. The van der Waals surface area contributed by atoms with Crippen LogP contribution in [0.15, 0.2) is 48.0 Å². The molecule has 1 aliphatic rings. The molecule has 0 spiro atoms. The van der Waals surface area contributed by atoms with Gasteiger partial charge in [-0.2, -0.15) is 0 Å². The number of rotatable bonds is 5. The number of benzene rings is 2. The molecule has 3 rings (SSSR count). The number of aryl methyl sites for hydroxylation is 2. The number of hydrogen-bond donors (Lipinski definition) is 1. The van der Waals surface area contributed by atoms with Gasteiger partial charge in [0, 0.05) is 0 Å². The molecule has 1 fully saturated rings. The van der Waals surface area contributed by atoms with Crippen LogP contribution in [0.3, 0.4) is 0 Å². The van der Waals surface area contributed by atoms with Crippen LogP contribution in [0.2, 0.25) is 0 Å². The molecule has 1 saturated heterocycles. The third kappa shape index (κ3) is 4.54. The van der Waals surface area contributed by atoms with Gasteiger partial charge in [0.15, 0.2) is 0 Å². The maximum absolute atomic E-state index is 12.9. The van der Waals surface area contributed by atoms with Crippen LogP contribution in [0.25, 0.3) is 6.08 Å². The van der Waals surface area contributed by atoms with Crippen molar-refractivity contribution in [3.05, 3.63) is 64.7 Å². The molecule has 1 N–H and O–H groups in total. The Morgan fingerprint density at radius 3 is 2.31 bits per heavy atom. The Balaban J connectivity index is 1.88. The predicted molar refractivity (Wildman–Crippen MR) is 112 cm³/mol. The van der Waals surface area contributed by atoms with Gasteiger partial charge in [-0.3, -0.25) is 14.9 Å². The third-order valence-corrected chi connectivity index (χ3v) is 4.62. The summed E-state index contributed by atoms with van der Waals surface area (Å²) >= 11 is 0. The summed E-state index contributed by atoms with van der Waals surface area (Å²) in [5, 5.41) is 2.24. The predicted octanol–water partition coefficient (Wildman–Crippen LogP) is 4.00. The minimum Gasteiger partial charge on any atom is -0.493 e. The van der Waals surface area contributed by atoms with E-state index in [1.807, 2.05) is 19.9 Å². The average Bonchev–Trinajstić information content (AvgIpc) is 2.67. The van der Waals surface area contributed by atoms with E-state index >= 15 is 0 Å². The highest BCUT2D eigenvalue weighted by Gasteiger charge is 2.36. The van der Waals surface area contributed by atoms with Crippen molar-refractivity contribution in [2.24, 2.45) is 5.92 Å². The summed E-state index contributed by atoms with van der Waals surface area (Å²) in [6, 6.07) is 11.6. The standard InChI is InChI=1S/C23H24N2O4/c1-14(2)13-29-19-9-6-17(7-10-19)12-20-21(26)24-23(28)25(22(20)27)18-8-5-15(3)16(4)11-18/h5-12,14H,13H2,1-4H3,(H,24,26,28)/b20-12+. The van der Waals surface area contributed by atoms with Crippen LogP contribution in [-0.2, 0) is 9.59 Å². The highest BCUT2D eigenvalue weighted by atomic mass is 16.5. The summed E-state index contributed by atoms with van der Waals surface area (Å²) in [7, 11) is 0. The number of nitrogens with one attached hydrogen (secondary N) is 1.